The lowest BCUT2D eigenvalue weighted by molar-refractivity contribution is 0.0346. The highest BCUT2D eigenvalue weighted by molar-refractivity contribution is 7.10. The summed E-state index contributed by atoms with van der Waals surface area (Å²) in [7, 11) is 1.71. The fourth-order valence-electron chi connectivity index (χ4n) is 4.43. The Balaban J connectivity index is 1.44. The number of piperazine rings is 1. The second kappa shape index (κ2) is 12.3. The molecule has 0 bridgehead atoms. The van der Waals surface area contributed by atoms with Crippen LogP contribution in [0, 0.1) is 17.2 Å². The standard InChI is InChI=1S/C25H36N4O2S/c1-21(2)25(20-26,23-8-6-17-32-23)10-7-12-28-13-15-29(16-14-28)18-22(19-30-3)31-24-9-4-5-11-27-24/h4-6,8-9,11,17,21-22H,7,10,12-16,18-19H2,1-3H3. The molecule has 1 aliphatic heterocycles. The average molecular weight is 457 g/mol. The van der Waals surface area contributed by atoms with Crippen molar-refractivity contribution in [3.8, 4) is 11.9 Å². The fraction of sp³-hybridized carbons (Fsp3) is 0.600. The number of pyridine rings is 1. The van der Waals surface area contributed by atoms with Crippen LogP contribution in [-0.4, -0.2) is 73.9 Å². The number of rotatable bonds is 12. The van der Waals surface area contributed by atoms with Gasteiger partial charge in [-0.2, -0.15) is 5.26 Å². The third-order valence-corrected chi connectivity index (χ3v) is 7.44. The van der Waals surface area contributed by atoms with Crippen molar-refractivity contribution in [3.63, 3.8) is 0 Å². The lowest BCUT2D eigenvalue weighted by Gasteiger charge is -2.37. The predicted molar refractivity (Wildman–Crippen MR) is 129 cm³/mol. The van der Waals surface area contributed by atoms with E-state index in [9.17, 15) is 5.26 Å². The molecule has 3 rings (SSSR count). The average Bonchev–Trinajstić information content (AvgIpc) is 3.34. The Morgan fingerprint density at radius 1 is 1.16 bits per heavy atom. The Hall–Kier alpha value is -1.98. The van der Waals surface area contributed by atoms with E-state index >= 15 is 0 Å². The van der Waals surface area contributed by atoms with E-state index in [1.165, 1.54) is 4.88 Å². The van der Waals surface area contributed by atoms with E-state index in [2.05, 4.69) is 52.2 Å². The van der Waals surface area contributed by atoms with E-state index in [1.807, 2.05) is 18.2 Å². The summed E-state index contributed by atoms with van der Waals surface area (Å²) in [5.41, 5.74) is -0.369. The van der Waals surface area contributed by atoms with Gasteiger partial charge in [0.2, 0.25) is 5.88 Å². The number of nitrogens with zero attached hydrogens (tertiary/aromatic N) is 4. The first-order valence-corrected chi connectivity index (χ1v) is 12.4. The van der Waals surface area contributed by atoms with Crippen molar-refractivity contribution >= 4 is 11.3 Å². The second-order valence-corrected chi connectivity index (χ2v) is 9.77. The van der Waals surface area contributed by atoms with E-state index in [0.29, 0.717) is 18.4 Å². The van der Waals surface area contributed by atoms with Gasteiger partial charge in [0.05, 0.1) is 18.1 Å². The Labute approximate surface area is 196 Å². The monoisotopic (exact) mass is 456 g/mol. The third kappa shape index (κ3) is 6.52. The van der Waals surface area contributed by atoms with Crippen molar-refractivity contribution in [2.45, 2.75) is 38.2 Å². The number of thiophene rings is 1. The normalized spacial score (nSPS) is 18.2. The minimum absolute atomic E-state index is 0.0328. The van der Waals surface area contributed by atoms with E-state index in [-0.39, 0.29) is 11.5 Å². The van der Waals surface area contributed by atoms with Crippen molar-refractivity contribution in [2.24, 2.45) is 5.92 Å². The molecule has 0 spiro atoms. The molecule has 2 aromatic heterocycles. The molecule has 32 heavy (non-hydrogen) atoms. The van der Waals surface area contributed by atoms with Crippen LogP contribution in [0.3, 0.4) is 0 Å². The van der Waals surface area contributed by atoms with E-state index < -0.39 is 0 Å². The number of hydrogen-bond acceptors (Lipinski definition) is 7. The molecule has 0 radical (unpaired) electrons. The van der Waals surface area contributed by atoms with E-state index in [1.54, 1.807) is 24.6 Å². The quantitative estimate of drug-likeness (QED) is 0.480. The van der Waals surface area contributed by atoms with Crippen molar-refractivity contribution in [2.75, 3.05) is 53.0 Å². The van der Waals surface area contributed by atoms with Crippen LogP contribution in [0.15, 0.2) is 41.9 Å². The molecule has 0 amide bonds. The summed E-state index contributed by atoms with van der Waals surface area (Å²) in [6.07, 6.45) is 3.67. The zero-order valence-corrected chi connectivity index (χ0v) is 20.4. The van der Waals surface area contributed by atoms with Crippen LogP contribution in [0.1, 0.15) is 31.6 Å². The molecule has 1 aliphatic rings. The largest absolute Gasteiger partial charge is 0.471 e. The molecule has 7 heteroatoms. The minimum atomic E-state index is -0.369. The van der Waals surface area contributed by atoms with Crippen molar-refractivity contribution in [3.05, 3.63) is 46.8 Å². The van der Waals surface area contributed by atoms with Gasteiger partial charge in [-0.3, -0.25) is 4.90 Å². The molecule has 2 unspecified atom stereocenters. The topological polar surface area (TPSA) is 61.6 Å². The van der Waals surface area contributed by atoms with Crippen molar-refractivity contribution < 1.29 is 9.47 Å². The molecule has 0 N–H and O–H groups in total. The predicted octanol–water partition coefficient (Wildman–Crippen LogP) is 4.05. The molecule has 2 atom stereocenters. The smallest absolute Gasteiger partial charge is 0.213 e. The number of methoxy groups -OCH3 is 1. The Bertz CT molecular complexity index is 816. The maximum Gasteiger partial charge on any atom is 0.213 e. The van der Waals surface area contributed by atoms with Gasteiger partial charge in [0.15, 0.2) is 0 Å². The summed E-state index contributed by atoms with van der Waals surface area (Å²) in [5, 5.41) is 12.1. The molecule has 0 aromatic carbocycles. The van der Waals surface area contributed by atoms with E-state index in [4.69, 9.17) is 9.47 Å². The lowest BCUT2D eigenvalue weighted by Crippen LogP contribution is -2.50. The molecular formula is C25H36N4O2S. The van der Waals surface area contributed by atoms with Crippen molar-refractivity contribution in [1.29, 1.82) is 5.26 Å². The molecule has 2 aromatic rings. The first-order chi connectivity index (χ1) is 15.6. The van der Waals surface area contributed by atoms with Gasteiger partial charge in [-0.15, -0.1) is 11.3 Å². The molecular weight excluding hydrogens is 420 g/mol. The zero-order chi connectivity index (χ0) is 22.8. The van der Waals surface area contributed by atoms with Gasteiger partial charge in [0.1, 0.15) is 6.10 Å². The highest BCUT2D eigenvalue weighted by atomic mass is 32.1. The molecule has 6 nitrogen and oxygen atoms in total. The first kappa shape index (κ1) is 24.7. The van der Waals surface area contributed by atoms with Crippen LogP contribution in [0.2, 0.25) is 0 Å². The molecule has 0 saturated carbocycles. The zero-order valence-electron chi connectivity index (χ0n) is 19.6. The fourth-order valence-corrected chi connectivity index (χ4v) is 5.49. The molecule has 0 aliphatic carbocycles. The summed E-state index contributed by atoms with van der Waals surface area (Å²) in [5.74, 6) is 0.949. The molecule has 3 heterocycles. The van der Waals surface area contributed by atoms with Gasteiger partial charge >= 0.3 is 0 Å². The van der Waals surface area contributed by atoms with Crippen LogP contribution in [0.4, 0.5) is 0 Å². The highest BCUT2D eigenvalue weighted by Crippen LogP contribution is 2.39. The summed E-state index contributed by atoms with van der Waals surface area (Å²) in [4.78, 5) is 10.4. The van der Waals surface area contributed by atoms with Gasteiger partial charge in [0, 0.05) is 57.0 Å². The second-order valence-electron chi connectivity index (χ2n) is 8.82. The van der Waals surface area contributed by atoms with Crippen LogP contribution >= 0.6 is 11.3 Å². The van der Waals surface area contributed by atoms with Gasteiger partial charge < -0.3 is 14.4 Å². The first-order valence-electron chi connectivity index (χ1n) is 11.5. The van der Waals surface area contributed by atoms with Crippen LogP contribution in [-0.2, 0) is 10.2 Å². The van der Waals surface area contributed by atoms with Crippen LogP contribution in [0.5, 0.6) is 5.88 Å². The van der Waals surface area contributed by atoms with Gasteiger partial charge in [-0.25, -0.2) is 4.98 Å². The Kier molecular flexibility index (Phi) is 9.49. The summed E-state index contributed by atoms with van der Waals surface area (Å²) in [6, 6.07) is 12.6. The van der Waals surface area contributed by atoms with Crippen LogP contribution in [0.25, 0.3) is 0 Å². The number of nitriles is 1. The number of aromatic nitrogens is 1. The summed E-state index contributed by atoms with van der Waals surface area (Å²) in [6.45, 7) is 10.9. The minimum Gasteiger partial charge on any atom is -0.471 e. The number of hydrogen-bond donors (Lipinski definition) is 0. The highest BCUT2D eigenvalue weighted by Gasteiger charge is 2.36. The third-order valence-electron chi connectivity index (χ3n) is 6.40. The van der Waals surface area contributed by atoms with Gasteiger partial charge in [-0.05, 0) is 42.8 Å². The van der Waals surface area contributed by atoms with E-state index in [0.717, 1.165) is 52.1 Å². The Morgan fingerprint density at radius 2 is 1.94 bits per heavy atom. The van der Waals surface area contributed by atoms with Gasteiger partial charge in [0.25, 0.3) is 0 Å². The molecule has 1 fully saturated rings. The summed E-state index contributed by atoms with van der Waals surface area (Å²) >= 11 is 1.71. The lowest BCUT2D eigenvalue weighted by atomic mass is 9.73. The van der Waals surface area contributed by atoms with Gasteiger partial charge in [-0.1, -0.05) is 26.0 Å². The Morgan fingerprint density at radius 3 is 2.53 bits per heavy atom. The summed E-state index contributed by atoms with van der Waals surface area (Å²) < 4.78 is 11.4. The maximum atomic E-state index is 10.0. The molecule has 174 valence electrons. The SMILES string of the molecule is COCC(CN1CCN(CCCC(C#N)(c2cccs2)C(C)C)CC1)Oc1ccccn1. The number of ether oxygens (including phenoxy) is 2. The maximum absolute atomic E-state index is 10.0. The molecule has 1 saturated heterocycles. The van der Waals surface area contributed by atoms with Crippen molar-refractivity contribution in [1.82, 2.24) is 14.8 Å². The van der Waals surface area contributed by atoms with Crippen LogP contribution < -0.4 is 4.74 Å².